The fraction of sp³-hybridized carbons (Fsp3) is 0.0870. The highest BCUT2D eigenvalue weighted by Crippen LogP contribution is 2.38. The molecule has 0 saturated heterocycles. The molecule has 0 unspecified atom stereocenters. The minimum Gasteiger partial charge on any atom is -0.334 e. The van der Waals surface area contributed by atoms with Gasteiger partial charge in [0.05, 0.1) is 17.0 Å². The fourth-order valence-electron chi connectivity index (χ4n) is 3.28. The Labute approximate surface area is 191 Å². The number of hydrogen-bond donors (Lipinski definition) is 1. The summed E-state index contributed by atoms with van der Waals surface area (Å²) in [6, 6.07) is 18.7. The molecule has 2 aromatic carbocycles. The number of nitrogens with one attached hydrogen (secondary N) is 1. The summed E-state index contributed by atoms with van der Waals surface area (Å²) < 4.78 is 39.3. The molecule has 0 aliphatic carbocycles. The van der Waals surface area contributed by atoms with Gasteiger partial charge in [-0.25, -0.2) is 15.0 Å². The fourth-order valence-corrected chi connectivity index (χ4v) is 3.28. The standard InChI is InChI=1S/C23H17F3N6O2/c24-23(25,26)17-9-6-10-18(13-17)30-21-20(32(33)34)22(29-15-28-21)31(19-11-4-5-12-27-19)14-16-7-2-1-3-8-16/h1-13,15H,14H2,(H,28,29,30). The van der Waals surface area contributed by atoms with Crippen LogP contribution in [0.2, 0.25) is 0 Å². The molecule has 1 N–H and O–H groups in total. The van der Waals surface area contributed by atoms with Crippen molar-refractivity contribution in [1.29, 1.82) is 0 Å². The van der Waals surface area contributed by atoms with Crippen LogP contribution in [0.15, 0.2) is 85.3 Å². The molecule has 0 fully saturated rings. The Morgan fingerprint density at radius 1 is 0.941 bits per heavy atom. The van der Waals surface area contributed by atoms with Crippen LogP contribution >= 0.6 is 0 Å². The average Bonchev–Trinajstić information content (AvgIpc) is 2.83. The predicted octanol–water partition coefficient (Wildman–Crippen LogP) is 5.88. The number of nitro groups is 1. The lowest BCUT2D eigenvalue weighted by Crippen LogP contribution is -2.21. The van der Waals surface area contributed by atoms with E-state index in [1.165, 1.54) is 12.1 Å². The van der Waals surface area contributed by atoms with Gasteiger partial charge >= 0.3 is 11.9 Å². The Bertz CT molecular complexity index is 1290. The summed E-state index contributed by atoms with van der Waals surface area (Å²) in [5.41, 5.74) is -0.557. The number of halogens is 3. The predicted molar refractivity (Wildman–Crippen MR) is 120 cm³/mol. The van der Waals surface area contributed by atoms with E-state index in [1.807, 2.05) is 30.3 Å². The van der Waals surface area contributed by atoms with E-state index in [9.17, 15) is 23.3 Å². The molecule has 0 aliphatic rings. The molecular weight excluding hydrogens is 449 g/mol. The van der Waals surface area contributed by atoms with Gasteiger partial charge in [-0.05, 0) is 35.9 Å². The Balaban J connectivity index is 1.79. The lowest BCUT2D eigenvalue weighted by Gasteiger charge is -2.23. The van der Waals surface area contributed by atoms with Crippen molar-refractivity contribution in [2.45, 2.75) is 12.7 Å². The third-order valence-electron chi connectivity index (χ3n) is 4.80. The molecule has 0 bridgehead atoms. The van der Waals surface area contributed by atoms with E-state index >= 15 is 0 Å². The second-order valence-corrected chi connectivity index (χ2v) is 7.11. The summed E-state index contributed by atoms with van der Waals surface area (Å²) in [5, 5.41) is 14.7. The second-order valence-electron chi connectivity index (χ2n) is 7.11. The van der Waals surface area contributed by atoms with Crippen LogP contribution in [0.25, 0.3) is 0 Å². The van der Waals surface area contributed by atoms with Gasteiger partial charge in [-0.3, -0.25) is 10.1 Å². The molecule has 0 spiro atoms. The van der Waals surface area contributed by atoms with Crippen molar-refractivity contribution in [3.05, 3.63) is 107 Å². The van der Waals surface area contributed by atoms with Crippen molar-refractivity contribution < 1.29 is 18.1 Å². The highest BCUT2D eigenvalue weighted by molar-refractivity contribution is 5.77. The van der Waals surface area contributed by atoms with E-state index in [1.54, 1.807) is 29.3 Å². The molecule has 0 aliphatic heterocycles. The highest BCUT2D eigenvalue weighted by Gasteiger charge is 2.32. The molecule has 0 radical (unpaired) electrons. The number of hydrogen-bond acceptors (Lipinski definition) is 7. The monoisotopic (exact) mass is 466 g/mol. The summed E-state index contributed by atoms with van der Waals surface area (Å²) in [6.45, 7) is 0.207. The van der Waals surface area contributed by atoms with Crippen molar-refractivity contribution in [3.63, 3.8) is 0 Å². The van der Waals surface area contributed by atoms with Gasteiger partial charge in [0.25, 0.3) is 0 Å². The Morgan fingerprint density at radius 2 is 1.71 bits per heavy atom. The molecule has 2 heterocycles. The maximum atomic E-state index is 13.1. The molecule has 4 rings (SSSR count). The normalized spacial score (nSPS) is 11.1. The van der Waals surface area contributed by atoms with Gasteiger partial charge in [0.2, 0.25) is 11.6 Å². The average molecular weight is 466 g/mol. The van der Waals surface area contributed by atoms with E-state index in [0.29, 0.717) is 5.82 Å². The SMILES string of the molecule is O=[N+]([O-])c1c(Nc2cccc(C(F)(F)F)c2)ncnc1N(Cc1ccccc1)c1ccccn1. The quantitative estimate of drug-likeness (QED) is 0.268. The van der Waals surface area contributed by atoms with Gasteiger partial charge < -0.3 is 10.2 Å². The molecular formula is C23H17F3N6O2. The van der Waals surface area contributed by atoms with Gasteiger partial charge in [-0.1, -0.05) is 42.5 Å². The molecule has 2 aromatic heterocycles. The minimum absolute atomic E-state index is 0.00461. The van der Waals surface area contributed by atoms with Crippen molar-refractivity contribution in [1.82, 2.24) is 15.0 Å². The maximum Gasteiger partial charge on any atom is 0.416 e. The van der Waals surface area contributed by atoms with Crippen LogP contribution in [0.1, 0.15) is 11.1 Å². The third kappa shape index (κ3) is 5.09. The molecule has 0 atom stereocenters. The molecule has 0 saturated carbocycles. The van der Waals surface area contributed by atoms with Crippen molar-refractivity contribution in [2.75, 3.05) is 10.2 Å². The van der Waals surface area contributed by atoms with Crippen LogP contribution in [0.3, 0.4) is 0 Å². The first-order chi connectivity index (χ1) is 16.3. The number of anilines is 4. The molecule has 11 heteroatoms. The second kappa shape index (κ2) is 9.53. The summed E-state index contributed by atoms with van der Waals surface area (Å²) >= 11 is 0. The highest BCUT2D eigenvalue weighted by atomic mass is 19.4. The van der Waals surface area contributed by atoms with E-state index in [-0.39, 0.29) is 23.9 Å². The first-order valence-corrected chi connectivity index (χ1v) is 9.99. The number of alkyl halides is 3. The Morgan fingerprint density at radius 3 is 2.38 bits per heavy atom. The molecule has 8 nitrogen and oxygen atoms in total. The summed E-state index contributed by atoms with van der Waals surface area (Å²) in [4.78, 5) is 25.4. The number of rotatable bonds is 7. The lowest BCUT2D eigenvalue weighted by atomic mass is 10.2. The largest absolute Gasteiger partial charge is 0.416 e. The van der Waals surface area contributed by atoms with Crippen LogP contribution in [-0.2, 0) is 12.7 Å². The van der Waals surface area contributed by atoms with E-state index < -0.39 is 22.4 Å². The van der Waals surface area contributed by atoms with Gasteiger partial charge in [0.15, 0.2) is 0 Å². The van der Waals surface area contributed by atoms with Crippen molar-refractivity contribution in [2.24, 2.45) is 0 Å². The first-order valence-electron chi connectivity index (χ1n) is 9.99. The number of aromatic nitrogens is 3. The topological polar surface area (TPSA) is 97.1 Å². The van der Waals surface area contributed by atoms with Crippen molar-refractivity contribution >= 4 is 28.8 Å². The van der Waals surface area contributed by atoms with Crippen LogP contribution in [0, 0.1) is 10.1 Å². The minimum atomic E-state index is -4.56. The Kier molecular flexibility index (Phi) is 6.35. The summed E-state index contributed by atoms with van der Waals surface area (Å²) in [7, 11) is 0. The third-order valence-corrected chi connectivity index (χ3v) is 4.80. The van der Waals surface area contributed by atoms with E-state index in [2.05, 4.69) is 20.3 Å². The van der Waals surface area contributed by atoms with Gasteiger partial charge in [-0.2, -0.15) is 13.2 Å². The molecule has 4 aromatic rings. The number of benzene rings is 2. The zero-order chi connectivity index (χ0) is 24.1. The van der Waals surface area contributed by atoms with E-state index in [4.69, 9.17) is 0 Å². The smallest absolute Gasteiger partial charge is 0.334 e. The van der Waals surface area contributed by atoms with Gasteiger partial charge in [-0.15, -0.1) is 0 Å². The van der Waals surface area contributed by atoms with Crippen LogP contribution in [0.4, 0.5) is 42.0 Å². The molecule has 172 valence electrons. The van der Waals surface area contributed by atoms with Crippen LogP contribution < -0.4 is 10.2 Å². The zero-order valence-electron chi connectivity index (χ0n) is 17.5. The zero-order valence-corrected chi connectivity index (χ0v) is 17.5. The van der Waals surface area contributed by atoms with E-state index in [0.717, 1.165) is 24.0 Å². The summed E-state index contributed by atoms with van der Waals surface area (Å²) in [6.07, 6.45) is -1.91. The first kappa shape index (κ1) is 22.6. The Hall–Kier alpha value is -4.54. The van der Waals surface area contributed by atoms with Crippen molar-refractivity contribution in [3.8, 4) is 0 Å². The lowest BCUT2D eigenvalue weighted by molar-refractivity contribution is -0.383. The van der Waals surface area contributed by atoms with Gasteiger partial charge in [0.1, 0.15) is 12.1 Å². The van der Waals surface area contributed by atoms with Gasteiger partial charge in [0, 0.05) is 11.9 Å². The number of nitrogens with zero attached hydrogens (tertiary/aromatic N) is 5. The van der Waals surface area contributed by atoms with Crippen LogP contribution in [-0.4, -0.2) is 19.9 Å². The maximum absolute atomic E-state index is 13.1. The van der Waals surface area contributed by atoms with Crippen LogP contribution in [0.5, 0.6) is 0 Å². The summed E-state index contributed by atoms with van der Waals surface area (Å²) in [5.74, 6) is 0.0959. The molecule has 34 heavy (non-hydrogen) atoms. The number of pyridine rings is 1. The molecule has 0 amide bonds.